The van der Waals surface area contributed by atoms with Crippen molar-refractivity contribution in [1.29, 1.82) is 0 Å². The van der Waals surface area contributed by atoms with Gasteiger partial charge in [0.05, 0.1) is 12.7 Å². The Hall–Kier alpha value is -3.45. The van der Waals surface area contributed by atoms with Gasteiger partial charge in [-0.05, 0) is 36.2 Å². The molecule has 7 nitrogen and oxygen atoms in total. The largest absolute Gasteiger partial charge is 0.480 e. The monoisotopic (exact) mass is 426 g/mol. The molecule has 1 heterocycles. The fourth-order valence-corrected chi connectivity index (χ4v) is 3.35. The summed E-state index contributed by atoms with van der Waals surface area (Å²) >= 11 is 6.09. The fourth-order valence-electron chi connectivity index (χ4n) is 3.18. The first-order valence-corrected chi connectivity index (χ1v) is 9.45. The third kappa shape index (κ3) is 4.41. The van der Waals surface area contributed by atoms with E-state index < -0.39 is 17.6 Å². The highest BCUT2D eigenvalue weighted by molar-refractivity contribution is 6.31. The molecule has 154 valence electrons. The summed E-state index contributed by atoms with van der Waals surface area (Å²) in [5.74, 6) is -1.41. The summed E-state index contributed by atoms with van der Waals surface area (Å²) in [7, 11) is 1.35. The van der Waals surface area contributed by atoms with Crippen LogP contribution in [0.4, 0.5) is 0 Å². The van der Waals surface area contributed by atoms with Gasteiger partial charge in [0.2, 0.25) is 5.88 Å². The number of aromatic nitrogens is 2. The molecule has 3 rings (SSSR count). The predicted molar refractivity (Wildman–Crippen MR) is 112 cm³/mol. The molecular formula is C22H19ClN2O5. The van der Waals surface area contributed by atoms with Crippen molar-refractivity contribution >= 4 is 23.4 Å². The van der Waals surface area contributed by atoms with E-state index in [2.05, 4.69) is 5.10 Å². The number of halogens is 1. The number of hydrogen-bond donors (Lipinski definition) is 1. The smallest absolute Gasteiger partial charge is 0.329 e. The van der Waals surface area contributed by atoms with Crippen LogP contribution >= 0.6 is 11.6 Å². The van der Waals surface area contributed by atoms with Crippen molar-refractivity contribution in [2.45, 2.75) is 19.4 Å². The van der Waals surface area contributed by atoms with E-state index >= 15 is 0 Å². The van der Waals surface area contributed by atoms with Crippen molar-refractivity contribution in [1.82, 2.24) is 9.78 Å². The molecule has 0 aliphatic rings. The number of carbonyl (C=O) groups excluding carboxylic acids is 1. The molecule has 3 aromatic rings. The first kappa shape index (κ1) is 21.3. The Morgan fingerprint density at radius 3 is 2.43 bits per heavy atom. The number of hydrogen-bond acceptors (Lipinski definition) is 5. The van der Waals surface area contributed by atoms with Crippen LogP contribution in [0.3, 0.4) is 0 Å². The molecule has 0 fully saturated rings. The Balaban J connectivity index is 2.15. The van der Waals surface area contributed by atoms with Gasteiger partial charge >= 0.3 is 5.97 Å². The van der Waals surface area contributed by atoms with Crippen molar-refractivity contribution in [3.05, 3.63) is 81.1 Å². The molecular weight excluding hydrogens is 408 g/mol. The molecule has 0 unspecified atom stereocenters. The molecule has 30 heavy (non-hydrogen) atoms. The average molecular weight is 427 g/mol. The SMILES string of the molecule is COc1nn([C@@H](Cc2ccccc2)C(=O)O)c(=O)cc1-c1cc(Cl)ccc1C(C)=O. The van der Waals surface area contributed by atoms with Crippen molar-refractivity contribution < 1.29 is 19.4 Å². The molecule has 0 aliphatic carbocycles. The van der Waals surface area contributed by atoms with Gasteiger partial charge in [0, 0.05) is 23.1 Å². The normalized spacial score (nSPS) is 11.7. The van der Waals surface area contributed by atoms with Gasteiger partial charge in [0.15, 0.2) is 11.8 Å². The summed E-state index contributed by atoms with van der Waals surface area (Å²) in [6.07, 6.45) is 0.0709. The van der Waals surface area contributed by atoms with Crippen LogP contribution in [0.1, 0.15) is 28.9 Å². The van der Waals surface area contributed by atoms with Crippen molar-refractivity contribution in [2.24, 2.45) is 0 Å². The Labute approximate surface area is 177 Å². The van der Waals surface area contributed by atoms with Crippen LogP contribution in [-0.2, 0) is 11.2 Å². The highest BCUT2D eigenvalue weighted by Gasteiger charge is 2.25. The van der Waals surface area contributed by atoms with E-state index in [1.54, 1.807) is 42.5 Å². The lowest BCUT2D eigenvalue weighted by Gasteiger charge is -2.17. The van der Waals surface area contributed by atoms with Crippen LogP contribution in [0.25, 0.3) is 11.1 Å². The van der Waals surface area contributed by atoms with Gasteiger partial charge in [-0.1, -0.05) is 41.9 Å². The quantitative estimate of drug-likeness (QED) is 0.579. The summed E-state index contributed by atoms with van der Waals surface area (Å²) < 4.78 is 6.22. The number of nitrogens with zero attached hydrogens (tertiary/aromatic N) is 2. The maximum atomic E-state index is 12.8. The molecule has 1 N–H and O–H groups in total. The lowest BCUT2D eigenvalue weighted by Crippen LogP contribution is -2.33. The van der Waals surface area contributed by atoms with E-state index in [0.29, 0.717) is 16.1 Å². The lowest BCUT2D eigenvalue weighted by atomic mass is 9.98. The Morgan fingerprint density at radius 2 is 1.83 bits per heavy atom. The van der Waals surface area contributed by atoms with Crippen molar-refractivity contribution in [2.75, 3.05) is 7.11 Å². The van der Waals surface area contributed by atoms with Crippen LogP contribution in [0.2, 0.25) is 5.02 Å². The molecule has 0 aliphatic heterocycles. The second-order valence-electron chi connectivity index (χ2n) is 6.64. The molecule has 8 heteroatoms. The Kier molecular flexibility index (Phi) is 6.32. The Bertz CT molecular complexity index is 1160. The van der Waals surface area contributed by atoms with Crippen LogP contribution in [0.15, 0.2) is 59.4 Å². The van der Waals surface area contributed by atoms with Crippen molar-refractivity contribution in [3.8, 4) is 17.0 Å². The van der Waals surface area contributed by atoms with E-state index in [-0.39, 0.29) is 23.6 Å². The first-order valence-electron chi connectivity index (χ1n) is 9.07. The van der Waals surface area contributed by atoms with Crippen LogP contribution in [0, 0.1) is 0 Å². The average Bonchev–Trinajstić information content (AvgIpc) is 2.72. The van der Waals surface area contributed by atoms with Gasteiger partial charge < -0.3 is 9.84 Å². The van der Waals surface area contributed by atoms with Crippen molar-refractivity contribution in [3.63, 3.8) is 0 Å². The van der Waals surface area contributed by atoms with Gasteiger partial charge in [0.1, 0.15) is 0 Å². The zero-order valence-electron chi connectivity index (χ0n) is 16.3. The lowest BCUT2D eigenvalue weighted by molar-refractivity contribution is -0.141. The number of ketones is 1. The number of carboxylic acid groups (broad SMARTS) is 1. The summed E-state index contributed by atoms with van der Waals surface area (Å²) in [6.45, 7) is 1.40. The molecule has 0 saturated carbocycles. The molecule has 2 aromatic carbocycles. The number of carbonyl (C=O) groups is 2. The fraction of sp³-hybridized carbons (Fsp3) is 0.182. The highest BCUT2D eigenvalue weighted by Crippen LogP contribution is 2.32. The van der Waals surface area contributed by atoms with E-state index in [0.717, 1.165) is 10.2 Å². The summed E-state index contributed by atoms with van der Waals surface area (Å²) in [6, 6.07) is 13.6. The number of methoxy groups -OCH3 is 1. The molecule has 0 bridgehead atoms. The van der Waals surface area contributed by atoms with E-state index in [1.807, 2.05) is 6.07 Å². The molecule has 1 aromatic heterocycles. The minimum absolute atomic E-state index is 0.0127. The maximum absolute atomic E-state index is 12.8. The highest BCUT2D eigenvalue weighted by atomic mass is 35.5. The van der Waals surface area contributed by atoms with Crippen LogP contribution in [0.5, 0.6) is 5.88 Å². The van der Waals surface area contributed by atoms with Gasteiger partial charge in [-0.2, -0.15) is 0 Å². The molecule has 0 saturated heterocycles. The third-order valence-electron chi connectivity index (χ3n) is 4.62. The molecule has 0 amide bonds. The number of ether oxygens (including phenoxy) is 1. The summed E-state index contributed by atoms with van der Waals surface area (Å²) in [5, 5.41) is 14.2. The van der Waals surface area contributed by atoms with Crippen LogP contribution in [-0.4, -0.2) is 33.7 Å². The number of Topliss-reactive ketones (excluding diaryl/α,β-unsaturated/α-hetero) is 1. The maximum Gasteiger partial charge on any atom is 0.329 e. The van der Waals surface area contributed by atoms with E-state index in [9.17, 15) is 19.5 Å². The minimum Gasteiger partial charge on any atom is -0.480 e. The summed E-state index contributed by atoms with van der Waals surface area (Å²) in [5.41, 5.74) is 1.10. The second kappa shape index (κ2) is 8.92. The summed E-state index contributed by atoms with van der Waals surface area (Å²) in [4.78, 5) is 36.8. The first-order chi connectivity index (χ1) is 14.3. The molecule has 0 spiro atoms. The molecule has 1 atom stereocenters. The van der Waals surface area contributed by atoms with Gasteiger partial charge in [0.25, 0.3) is 5.56 Å². The third-order valence-corrected chi connectivity index (χ3v) is 4.85. The van der Waals surface area contributed by atoms with E-state index in [4.69, 9.17) is 16.3 Å². The predicted octanol–water partition coefficient (Wildman–Crippen LogP) is 3.64. The number of benzene rings is 2. The van der Waals surface area contributed by atoms with Gasteiger partial charge in [-0.15, -0.1) is 5.10 Å². The van der Waals surface area contributed by atoms with Gasteiger partial charge in [-0.3, -0.25) is 9.59 Å². The standard InChI is InChI=1S/C22H19ClN2O5/c1-13(26)16-9-8-15(23)11-17(16)18-12-20(27)25(24-21(18)30-2)19(22(28)29)10-14-6-4-3-5-7-14/h3-9,11-12,19H,10H2,1-2H3,(H,28,29)/t19-/m0/s1. The Morgan fingerprint density at radius 1 is 1.13 bits per heavy atom. The topological polar surface area (TPSA) is 98.5 Å². The van der Waals surface area contributed by atoms with Gasteiger partial charge in [-0.25, -0.2) is 9.48 Å². The second-order valence-corrected chi connectivity index (χ2v) is 7.08. The minimum atomic E-state index is -1.23. The zero-order valence-corrected chi connectivity index (χ0v) is 17.1. The van der Waals surface area contributed by atoms with Crippen LogP contribution < -0.4 is 10.3 Å². The zero-order chi connectivity index (χ0) is 21.8. The number of carboxylic acids is 1. The molecule has 0 radical (unpaired) electrons. The van der Waals surface area contributed by atoms with E-state index in [1.165, 1.54) is 20.1 Å². The number of aliphatic carboxylic acids is 1. The number of rotatable bonds is 7.